The highest BCUT2D eigenvalue weighted by atomic mass is 16.5. The van der Waals surface area contributed by atoms with E-state index in [0.29, 0.717) is 22.9 Å². The van der Waals surface area contributed by atoms with Crippen molar-refractivity contribution in [2.24, 2.45) is 15.4 Å². The molecule has 8 nitrogen and oxygen atoms in total. The minimum absolute atomic E-state index is 0.417. The molecule has 0 aromatic rings. The van der Waals surface area contributed by atoms with Crippen molar-refractivity contribution in [2.75, 3.05) is 14.2 Å². The lowest BCUT2D eigenvalue weighted by atomic mass is 9.97. The Kier molecular flexibility index (Phi) is 4.72. The Hall–Kier alpha value is -3.34. The molecule has 22 heavy (non-hydrogen) atoms. The van der Waals surface area contributed by atoms with Crippen molar-refractivity contribution in [3.63, 3.8) is 0 Å². The van der Waals surface area contributed by atoms with Gasteiger partial charge in [-0.2, -0.15) is 5.53 Å². The Bertz CT molecular complexity index is 744. The van der Waals surface area contributed by atoms with Gasteiger partial charge in [-0.25, -0.2) is 0 Å². The summed E-state index contributed by atoms with van der Waals surface area (Å²) in [6.07, 6.45) is 10.6. The van der Waals surface area contributed by atoms with Gasteiger partial charge >= 0.3 is 5.08 Å². The van der Waals surface area contributed by atoms with Crippen LogP contribution in [0.15, 0.2) is 74.5 Å². The van der Waals surface area contributed by atoms with Gasteiger partial charge in [0, 0.05) is 0 Å². The van der Waals surface area contributed by atoms with Gasteiger partial charge in [0.15, 0.2) is 16.6 Å². The second kappa shape index (κ2) is 6.90. The van der Waals surface area contributed by atoms with Crippen LogP contribution < -0.4 is 0 Å². The number of allylic oxidation sites excluding steroid dienone is 8. The molecule has 0 radical (unpaired) electrons. The molecular formula is C14H13N6O2+. The molecule has 0 atom stereocenters. The standard InChI is InChI=1S/C14H13N6O2/c1-21-13-7-9(3-5-11(13)17-19-15)10-4-6-12(18-20-16)14(8-10)22-2/h3-8,15H,1-2H3/q+1. The summed E-state index contributed by atoms with van der Waals surface area (Å²) >= 11 is 0. The molecule has 8 heteroatoms. The number of ether oxygens (including phenoxy) is 2. The third-order valence-corrected chi connectivity index (χ3v) is 3.00. The largest absolute Gasteiger partial charge is 0.494 e. The van der Waals surface area contributed by atoms with Gasteiger partial charge in [-0.1, -0.05) is 17.4 Å². The SMILES string of the molecule is COC1=CC(=C2C=CC(=N[N+]#N)C(OC)=C2)C=CC1=NN=N. The quantitative estimate of drug-likeness (QED) is 0.491. The van der Waals surface area contributed by atoms with E-state index in [4.69, 9.17) is 20.4 Å². The Morgan fingerprint density at radius 3 is 2.00 bits per heavy atom. The molecule has 0 heterocycles. The third-order valence-electron chi connectivity index (χ3n) is 3.00. The van der Waals surface area contributed by atoms with Gasteiger partial charge in [-0.05, 0) is 35.5 Å². The van der Waals surface area contributed by atoms with Gasteiger partial charge in [0.05, 0.1) is 14.2 Å². The minimum Gasteiger partial charge on any atom is -0.494 e. The van der Waals surface area contributed by atoms with Crippen LogP contribution in [0.2, 0.25) is 0 Å². The number of hydrogen-bond donors (Lipinski definition) is 1. The zero-order valence-corrected chi connectivity index (χ0v) is 12.0. The van der Waals surface area contributed by atoms with E-state index in [-0.39, 0.29) is 0 Å². The van der Waals surface area contributed by atoms with E-state index < -0.39 is 0 Å². The average Bonchev–Trinajstić information content (AvgIpc) is 2.56. The van der Waals surface area contributed by atoms with Crippen LogP contribution in [0.3, 0.4) is 0 Å². The van der Waals surface area contributed by atoms with E-state index in [1.165, 1.54) is 14.2 Å². The number of methoxy groups -OCH3 is 2. The van der Waals surface area contributed by atoms with E-state index >= 15 is 0 Å². The first-order valence-corrected chi connectivity index (χ1v) is 6.22. The molecule has 0 aliphatic heterocycles. The Balaban J connectivity index is 2.46. The second-order valence-electron chi connectivity index (χ2n) is 4.16. The summed E-state index contributed by atoms with van der Waals surface area (Å²) in [5, 5.41) is 21.5. The predicted octanol–water partition coefficient (Wildman–Crippen LogP) is 3.08. The van der Waals surface area contributed by atoms with E-state index in [9.17, 15) is 0 Å². The van der Waals surface area contributed by atoms with Gasteiger partial charge in [0.1, 0.15) is 11.5 Å². The van der Waals surface area contributed by atoms with Crippen molar-refractivity contribution in [1.29, 1.82) is 10.9 Å². The normalized spacial score (nSPS) is 23.9. The number of diazo groups is 1. The molecule has 1 N–H and O–H groups in total. The lowest BCUT2D eigenvalue weighted by Crippen LogP contribution is -2.09. The zero-order valence-electron chi connectivity index (χ0n) is 12.0. The van der Waals surface area contributed by atoms with Crippen LogP contribution in [0.1, 0.15) is 0 Å². The maximum absolute atomic E-state index is 8.53. The molecule has 0 spiro atoms. The average molecular weight is 297 g/mol. The number of nitrogens with one attached hydrogen (secondary N) is 1. The van der Waals surface area contributed by atoms with Crippen molar-refractivity contribution >= 4 is 11.4 Å². The van der Waals surface area contributed by atoms with Crippen LogP contribution in [-0.4, -0.2) is 25.6 Å². The van der Waals surface area contributed by atoms with E-state index in [0.717, 1.165) is 11.1 Å². The van der Waals surface area contributed by atoms with Gasteiger partial charge in [-0.15, -0.1) is 5.10 Å². The fourth-order valence-electron chi connectivity index (χ4n) is 1.98. The van der Waals surface area contributed by atoms with Crippen LogP contribution in [0.5, 0.6) is 0 Å². The Morgan fingerprint density at radius 1 is 0.955 bits per heavy atom. The molecule has 0 aromatic heterocycles. The van der Waals surface area contributed by atoms with Crippen molar-refractivity contribution in [1.82, 2.24) is 0 Å². The van der Waals surface area contributed by atoms with Gasteiger partial charge in [0.2, 0.25) is 0 Å². The number of rotatable bonds is 3. The minimum atomic E-state index is 0.417. The summed E-state index contributed by atoms with van der Waals surface area (Å²) in [5.74, 6) is 0.982. The Labute approximate surface area is 126 Å². The molecule has 110 valence electrons. The van der Waals surface area contributed by atoms with E-state index in [2.05, 4.69) is 20.5 Å². The highest BCUT2D eigenvalue weighted by molar-refractivity contribution is 6.10. The molecule has 0 aromatic carbocycles. The molecule has 2 aliphatic carbocycles. The zero-order chi connectivity index (χ0) is 15.9. The summed E-state index contributed by atoms with van der Waals surface area (Å²) < 4.78 is 10.5. The van der Waals surface area contributed by atoms with Gasteiger partial charge < -0.3 is 9.47 Å². The second-order valence-corrected chi connectivity index (χ2v) is 4.16. The summed E-state index contributed by atoms with van der Waals surface area (Å²) in [7, 11) is 3.03. The first-order chi connectivity index (χ1) is 10.7. The molecule has 0 bridgehead atoms. The van der Waals surface area contributed by atoms with Crippen molar-refractivity contribution in [2.45, 2.75) is 0 Å². The predicted molar refractivity (Wildman–Crippen MR) is 80.6 cm³/mol. The lowest BCUT2D eigenvalue weighted by molar-refractivity contribution is 0.314. The van der Waals surface area contributed by atoms with Crippen LogP contribution in [-0.2, 0) is 9.47 Å². The maximum Gasteiger partial charge on any atom is 0.339 e. The molecule has 2 rings (SSSR count). The van der Waals surface area contributed by atoms with E-state index in [1.807, 2.05) is 12.2 Å². The van der Waals surface area contributed by atoms with Crippen LogP contribution in [0.4, 0.5) is 0 Å². The third kappa shape index (κ3) is 3.04. The molecule has 0 fully saturated rings. The summed E-state index contributed by atoms with van der Waals surface area (Å²) in [6.45, 7) is 0. The monoisotopic (exact) mass is 297 g/mol. The highest BCUT2D eigenvalue weighted by Crippen LogP contribution is 2.24. The summed E-state index contributed by atoms with van der Waals surface area (Å²) in [6, 6.07) is 0. The fourth-order valence-corrected chi connectivity index (χ4v) is 1.98. The molecule has 0 unspecified atom stereocenters. The van der Waals surface area contributed by atoms with Gasteiger partial charge in [-0.3, -0.25) is 0 Å². The first-order valence-electron chi connectivity index (χ1n) is 6.22. The van der Waals surface area contributed by atoms with Crippen molar-refractivity contribution in [3.05, 3.63) is 64.2 Å². The molecule has 0 amide bonds. The highest BCUT2D eigenvalue weighted by Gasteiger charge is 2.18. The fraction of sp³-hybridized carbons (Fsp3) is 0.143. The molecule has 2 aliphatic rings. The molecular weight excluding hydrogens is 284 g/mol. The first kappa shape index (κ1) is 15.1. The van der Waals surface area contributed by atoms with E-state index in [1.54, 1.807) is 24.3 Å². The van der Waals surface area contributed by atoms with Crippen LogP contribution in [0, 0.1) is 10.9 Å². The molecule has 0 saturated heterocycles. The summed E-state index contributed by atoms with van der Waals surface area (Å²) in [5.41, 5.74) is 9.41. The summed E-state index contributed by atoms with van der Waals surface area (Å²) in [4.78, 5) is 0. The van der Waals surface area contributed by atoms with Crippen LogP contribution >= 0.6 is 0 Å². The number of hydrogen-bond acceptors (Lipinski definition) is 6. The van der Waals surface area contributed by atoms with Gasteiger partial charge in [0.25, 0.3) is 5.39 Å². The maximum atomic E-state index is 8.53. The van der Waals surface area contributed by atoms with Crippen molar-refractivity contribution < 1.29 is 9.47 Å². The topological polar surface area (TPSA) is 108 Å². The van der Waals surface area contributed by atoms with Crippen molar-refractivity contribution in [3.8, 4) is 0 Å². The smallest absolute Gasteiger partial charge is 0.339 e. The lowest BCUT2D eigenvalue weighted by Gasteiger charge is -2.14. The Morgan fingerprint density at radius 2 is 1.50 bits per heavy atom. The van der Waals surface area contributed by atoms with Crippen LogP contribution in [0.25, 0.3) is 5.08 Å². The number of nitrogens with zero attached hydrogens (tertiary/aromatic N) is 5. The molecule has 0 saturated carbocycles.